The number of ether oxygens (including phenoxy) is 1. The van der Waals surface area contributed by atoms with Gasteiger partial charge in [-0.1, -0.05) is 29.5 Å². The summed E-state index contributed by atoms with van der Waals surface area (Å²) in [6, 6.07) is 13.2. The lowest BCUT2D eigenvalue weighted by atomic mass is 10.1. The van der Waals surface area contributed by atoms with E-state index >= 15 is 0 Å². The summed E-state index contributed by atoms with van der Waals surface area (Å²) in [5, 5.41) is 3.47. The standard InChI is InChI=1S/C23H23N3O3S2/c1-14-4-9-18(15(2)12-14)24-20(27)13-31-23-25-19-10-11-30-21(19)22(28)26(23)16-5-7-17(29-3)8-6-16/h4-9,12H,10-11,13H2,1-3H3,(H,24,27). The molecule has 0 saturated heterocycles. The Balaban J connectivity index is 1.60. The van der Waals surface area contributed by atoms with E-state index in [2.05, 4.69) is 5.32 Å². The predicted molar refractivity (Wildman–Crippen MR) is 126 cm³/mol. The molecule has 0 saturated carbocycles. The lowest BCUT2D eigenvalue weighted by molar-refractivity contribution is -0.113. The number of carbonyl (C=O) groups excluding carboxylic acids is 1. The number of rotatable bonds is 6. The molecule has 0 atom stereocenters. The maximum Gasteiger partial charge on any atom is 0.272 e. The molecule has 1 aromatic heterocycles. The molecular formula is C23H23N3O3S2. The van der Waals surface area contributed by atoms with Crippen LogP contribution in [-0.4, -0.2) is 34.1 Å². The van der Waals surface area contributed by atoms with Crippen LogP contribution in [0.1, 0.15) is 16.8 Å². The van der Waals surface area contributed by atoms with Gasteiger partial charge in [0, 0.05) is 17.9 Å². The van der Waals surface area contributed by atoms with E-state index in [-0.39, 0.29) is 17.2 Å². The topological polar surface area (TPSA) is 73.2 Å². The van der Waals surface area contributed by atoms with E-state index in [0.29, 0.717) is 21.5 Å². The summed E-state index contributed by atoms with van der Waals surface area (Å²) in [4.78, 5) is 31.2. The van der Waals surface area contributed by atoms with Gasteiger partial charge in [0.25, 0.3) is 5.56 Å². The van der Waals surface area contributed by atoms with Crippen LogP contribution in [0.25, 0.3) is 5.69 Å². The number of nitrogens with one attached hydrogen (secondary N) is 1. The van der Waals surface area contributed by atoms with Crippen molar-refractivity contribution in [2.24, 2.45) is 0 Å². The molecule has 2 aromatic carbocycles. The van der Waals surface area contributed by atoms with Gasteiger partial charge >= 0.3 is 0 Å². The molecule has 4 rings (SSSR count). The first-order valence-electron chi connectivity index (χ1n) is 9.89. The lowest BCUT2D eigenvalue weighted by Gasteiger charge is -2.14. The molecule has 2 heterocycles. The Morgan fingerprint density at radius 3 is 2.71 bits per heavy atom. The van der Waals surface area contributed by atoms with Crippen molar-refractivity contribution in [3.05, 3.63) is 69.6 Å². The minimum absolute atomic E-state index is 0.0880. The predicted octanol–water partition coefficient (Wildman–Crippen LogP) is 4.24. The fraction of sp³-hybridized carbons (Fsp3) is 0.261. The smallest absolute Gasteiger partial charge is 0.272 e. The molecule has 1 amide bonds. The molecule has 0 fully saturated rings. The number of methoxy groups -OCH3 is 1. The first-order valence-corrected chi connectivity index (χ1v) is 11.9. The van der Waals surface area contributed by atoms with Gasteiger partial charge in [-0.3, -0.25) is 14.2 Å². The SMILES string of the molecule is COc1ccc(-n2c(SCC(=O)Nc3ccc(C)cc3C)nc3c(c2=O)SCC3)cc1. The highest BCUT2D eigenvalue weighted by Gasteiger charge is 2.23. The molecular weight excluding hydrogens is 430 g/mol. The van der Waals surface area contributed by atoms with Crippen LogP contribution in [-0.2, 0) is 11.2 Å². The summed E-state index contributed by atoms with van der Waals surface area (Å²) in [7, 11) is 1.60. The van der Waals surface area contributed by atoms with E-state index in [4.69, 9.17) is 9.72 Å². The van der Waals surface area contributed by atoms with E-state index in [1.807, 2.05) is 56.3 Å². The van der Waals surface area contributed by atoms with Crippen LogP contribution in [0.15, 0.2) is 57.3 Å². The Morgan fingerprint density at radius 2 is 2.00 bits per heavy atom. The van der Waals surface area contributed by atoms with Crippen LogP contribution in [0.5, 0.6) is 5.75 Å². The molecule has 1 aliphatic rings. The van der Waals surface area contributed by atoms with Gasteiger partial charge in [0.1, 0.15) is 5.75 Å². The third-order valence-corrected chi connectivity index (χ3v) is 7.03. The number of thioether (sulfide) groups is 2. The van der Waals surface area contributed by atoms with Crippen molar-refractivity contribution >= 4 is 35.1 Å². The second-order valence-corrected chi connectivity index (χ2v) is 9.31. The zero-order valence-electron chi connectivity index (χ0n) is 17.6. The number of anilines is 1. The number of hydrogen-bond acceptors (Lipinski definition) is 6. The summed E-state index contributed by atoms with van der Waals surface area (Å²) in [5.41, 5.74) is 4.38. The van der Waals surface area contributed by atoms with Gasteiger partial charge in [-0.2, -0.15) is 0 Å². The average molecular weight is 454 g/mol. The second-order valence-electron chi connectivity index (χ2n) is 7.26. The molecule has 1 aliphatic heterocycles. The number of fused-ring (bicyclic) bond motifs is 1. The van der Waals surface area contributed by atoms with Crippen molar-refractivity contribution in [2.75, 3.05) is 23.9 Å². The Bertz CT molecular complexity index is 1190. The van der Waals surface area contributed by atoms with Crippen molar-refractivity contribution < 1.29 is 9.53 Å². The van der Waals surface area contributed by atoms with Gasteiger partial charge < -0.3 is 10.1 Å². The fourth-order valence-electron chi connectivity index (χ4n) is 3.42. The highest BCUT2D eigenvalue weighted by molar-refractivity contribution is 8.00. The summed E-state index contributed by atoms with van der Waals surface area (Å²) in [5.74, 6) is 1.58. The van der Waals surface area contributed by atoms with Gasteiger partial charge in [0.15, 0.2) is 5.16 Å². The molecule has 0 radical (unpaired) electrons. The molecule has 6 nitrogen and oxygen atoms in total. The first-order chi connectivity index (χ1) is 15.0. The summed E-state index contributed by atoms with van der Waals surface area (Å²) < 4.78 is 6.82. The summed E-state index contributed by atoms with van der Waals surface area (Å²) >= 11 is 2.81. The van der Waals surface area contributed by atoms with Gasteiger partial charge in [0.05, 0.1) is 29.1 Å². The minimum Gasteiger partial charge on any atom is -0.497 e. The van der Waals surface area contributed by atoms with Gasteiger partial charge in [-0.05, 0) is 49.7 Å². The van der Waals surface area contributed by atoms with E-state index in [1.165, 1.54) is 23.5 Å². The third kappa shape index (κ3) is 4.65. The van der Waals surface area contributed by atoms with Crippen molar-refractivity contribution in [2.45, 2.75) is 30.3 Å². The quantitative estimate of drug-likeness (QED) is 0.445. The Hall–Kier alpha value is -2.71. The van der Waals surface area contributed by atoms with Crippen LogP contribution in [0, 0.1) is 13.8 Å². The molecule has 0 unspecified atom stereocenters. The minimum atomic E-state index is -0.137. The van der Waals surface area contributed by atoms with E-state index in [9.17, 15) is 9.59 Å². The van der Waals surface area contributed by atoms with Gasteiger partial charge in [-0.25, -0.2) is 4.98 Å². The van der Waals surface area contributed by atoms with Crippen LogP contribution >= 0.6 is 23.5 Å². The van der Waals surface area contributed by atoms with Crippen LogP contribution in [0.2, 0.25) is 0 Å². The van der Waals surface area contributed by atoms with Crippen molar-refractivity contribution in [3.63, 3.8) is 0 Å². The number of hydrogen-bond donors (Lipinski definition) is 1. The highest BCUT2D eigenvalue weighted by atomic mass is 32.2. The van der Waals surface area contributed by atoms with Gasteiger partial charge in [0.2, 0.25) is 5.91 Å². The molecule has 160 valence electrons. The largest absolute Gasteiger partial charge is 0.497 e. The third-order valence-electron chi connectivity index (χ3n) is 4.99. The molecule has 0 aliphatic carbocycles. The molecule has 0 spiro atoms. The average Bonchev–Trinajstić information content (AvgIpc) is 3.23. The molecule has 0 bridgehead atoms. The zero-order valence-corrected chi connectivity index (χ0v) is 19.2. The van der Waals surface area contributed by atoms with Crippen molar-refractivity contribution in [1.29, 1.82) is 0 Å². The van der Waals surface area contributed by atoms with E-state index in [0.717, 1.165) is 34.7 Å². The number of aromatic nitrogens is 2. The Labute approximate surface area is 189 Å². The zero-order chi connectivity index (χ0) is 22.0. The molecule has 3 aromatic rings. The summed E-state index contributed by atoms with van der Waals surface area (Å²) in [6.45, 7) is 3.99. The van der Waals surface area contributed by atoms with Crippen LogP contribution in [0.3, 0.4) is 0 Å². The van der Waals surface area contributed by atoms with Crippen molar-refractivity contribution in [1.82, 2.24) is 9.55 Å². The second kappa shape index (κ2) is 9.20. The van der Waals surface area contributed by atoms with Crippen LogP contribution < -0.4 is 15.6 Å². The lowest BCUT2D eigenvalue weighted by Crippen LogP contribution is -2.24. The Kier molecular flexibility index (Phi) is 6.38. The van der Waals surface area contributed by atoms with Gasteiger partial charge in [-0.15, -0.1) is 11.8 Å². The molecule has 8 heteroatoms. The highest BCUT2D eigenvalue weighted by Crippen LogP contribution is 2.30. The van der Waals surface area contributed by atoms with Crippen molar-refractivity contribution in [3.8, 4) is 11.4 Å². The number of nitrogens with zero attached hydrogens (tertiary/aromatic N) is 2. The number of aryl methyl sites for hydroxylation is 3. The molecule has 31 heavy (non-hydrogen) atoms. The van der Waals surface area contributed by atoms with Crippen LogP contribution in [0.4, 0.5) is 5.69 Å². The molecule has 1 N–H and O–H groups in total. The van der Waals surface area contributed by atoms with E-state index in [1.54, 1.807) is 11.7 Å². The number of benzene rings is 2. The number of amides is 1. The monoisotopic (exact) mass is 453 g/mol. The maximum atomic E-state index is 13.2. The van der Waals surface area contributed by atoms with E-state index < -0.39 is 0 Å². The maximum absolute atomic E-state index is 13.2. The summed E-state index contributed by atoms with van der Waals surface area (Å²) in [6.07, 6.45) is 0.765. The fourth-order valence-corrected chi connectivity index (χ4v) is 5.27. The first kappa shape index (κ1) is 21.5. The Morgan fingerprint density at radius 1 is 1.23 bits per heavy atom. The normalized spacial score (nSPS) is 12.5. The number of carbonyl (C=O) groups is 1.